The first-order chi connectivity index (χ1) is 15.8. The van der Waals surface area contributed by atoms with E-state index in [4.69, 9.17) is 17.0 Å². The van der Waals surface area contributed by atoms with Crippen LogP contribution >= 0.6 is 12.2 Å². The molecular weight excluding hydrogens is 467 g/mol. The normalized spacial score (nSPS) is 10.7. The number of anilines is 2. The Bertz CT molecular complexity index is 1270. The maximum absolute atomic E-state index is 12.7. The average molecular weight is 489 g/mol. The van der Waals surface area contributed by atoms with E-state index in [1.54, 1.807) is 61.5 Å². The third-order valence-electron chi connectivity index (χ3n) is 4.62. The zero-order valence-electron chi connectivity index (χ0n) is 18.9. The molecule has 2 aromatic carbocycles. The number of hydrogen-bond donors (Lipinski definition) is 2. The molecule has 34 heavy (non-hydrogen) atoms. The Labute approximate surface area is 223 Å². The van der Waals surface area contributed by atoms with E-state index in [-0.39, 0.29) is 46.8 Å². The number of aromatic nitrogens is 4. The molecule has 1 aromatic heterocycles. The van der Waals surface area contributed by atoms with Crippen LogP contribution in [0.25, 0.3) is 5.69 Å². The Balaban J connectivity index is 0.00000408. The number of amides is 1. The first-order valence-electron chi connectivity index (χ1n) is 9.69. The molecule has 0 aliphatic carbocycles. The van der Waals surface area contributed by atoms with Crippen molar-refractivity contribution in [1.29, 1.82) is 0 Å². The molecule has 3 rings (SSSR count). The average Bonchev–Trinajstić information content (AvgIpc) is 3.23. The van der Waals surface area contributed by atoms with Crippen LogP contribution in [-0.2, 0) is 9.53 Å². The van der Waals surface area contributed by atoms with Gasteiger partial charge in [-0.15, -0.1) is 0 Å². The predicted octanol–water partition coefficient (Wildman–Crippen LogP) is -0.799. The van der Waals surface area contributed by atoms with E-state index < -0.39 is 5.97 Å². The minimum Gasteiger partial charge on any atom is -0.548 e. The number of ether oxygens (including phenoxy) is 1. The second-order valence-electron chi connectivity index (χ2n) is 6.88. The Morgan fingerprint density at radius 1 is 1.29 bits per heavy atom. The molecule has 0 aliphatic rings. The number of nitrogens with one attached hydrogen (secondary N) is 2. The van der Waals surface area contributed by atoms with Crippen LogP contribution in [0.3, 0.4) is 0 Å². The molecular formula is C22H21N6NaO4S. The van der Waals surface area contributed by atoms with E-state index in [1.807, 2.05) is 0 Å². The molecule has 3 aromatic rings. The number of tetrazole rings is 1. The summed E-state index contributed by atoms with van der Waals surface area (Å²) >= 11 is 5.09. The predicted molar refractivity (Wildman–Crippen MR) is 123 cm³/mol. The standard InChI is InChI=1S/C22H22N6O4S.Na/c1-14(11-15(2)32-3)27(13-20(29)30)18-9-7-16(8-10-18)21(31)23-17-5-4-6-19(12-17)28-22(33)24-25-26-28;/h4-12H,2,13H2,1,3H3,(H,23,31)(H,29,30)(H,24,26,33);/q;+1/p-1/b14-11-;. The number of rotatable bonds is 9. The minimum absolute atomic E-state index is 0. The first-order valence-corrected chi connectivity index (χ1v) is 10.1. The van der Waals surface area contributed by atoms with E-state index in [0.29, 0.717) is 34.1 Å². The fourth-order valence-electron chi connectivity index (χ4n) is 3.00. The molecule has 0 aliphatic heterocycles. The molecule has 1 amide bonds. The van der Waals surface area contributed by atoms with Crippen molar-refractivity contribution in [2.75, 3.05) is 23.9 Å². The van der Waals surface area contributed by atoms with Gasteiger partial charge >= 0.3 is 29.6 Å². The van der Waals surface area contributed by atoms with Crippen LogP contribution in [-0.4, -0.2) is 45.7 Å². The number of allylic oxidation sites excluding steroid dienone is 2. The molecule has 0 unspecified atom stereocenters. The largest absolute Gasteiger partial charge is 1.00 e. The maximum atomic E-state index is 12.7. The fourth-order valence-corrected chi connectivity index (χ4v) is 3.19. The zero-order chi connectivity index (χ0) is 24.0. The van der Waals surface area contributed by atoms with E-state index >= 15 is 0 Å². The van der Waals surface area contributed by atoms with Crippen molar-refractivity contribution in [3.63, 3.8) is 0 Å². The van der Waals surface area contributed by atoms with Gasteiger partial charge in [-0.1, -0.05) is 23.0 Å². The number of aliphatic carboxylic acids is 1. The Morgan fingerprint density at radius 2 is 2.00 bits per heavy atom. The number of aromatic amines is 1. The number of methoxy groups -OCH3 is 1. The summed E-state index contributed by atoms with van der Waals surface area (Å²) in [5.74, 6) is -1.21. The zero-order valence-corrected chi connectivity index (χ0v) is 21.8. The number of carboxylic acid groups (broad SMARTS) is 1. The summed E-state index contributed by atoms with van der Waals surface area (Å²) in [6.45, 7) is 5.07. The molecule has 0 spiro atoms. The van der Waals surface area contributed by atoms with Gasteiger partial charge < -0.3 is 24.9 Å². The van der Waals surface area contributed by atoms with Gasteiger partial charge in [-0.25, -0.2) is 4.68 Å². The van der Waals surface area contributed by atoms with Crippen molar-refractivity contribution in [3.05, 3.63) is 83.0 Å². The smallest absolute Gasteiger partial charge is 0.548 e. The molecule has 170 valence electrons. The summed E-state index contributed by atoms with van der Waals surface area (Å²) in [4.78, 5) is 25.5. The first kappa shape index (κ1) is 27.0. The SMILES string of the molecule is C=C(/C=C(/C)N(CC(=O)[O-])c1ccc(C(=O)Nc2cccc(-n3[nH]nnc3=S)c2)cc1)OC.[Na+]. The number of nitrogens with zero attached hydrogens (tertiary/aromatic N) is 4. The topological polar surface area (TPSA) is 128 Å². The molecule has 1 heterocycles. The molecule has 0 radical (unpaired) electrons. The molecule has 0 saturated carbocycles. The third-order valence-corrected chi connectivity index (χ3v) is 4.88. The second-order valence-corrected chi connectivity index (χ2v) is 7.25. The van der Waals surface area contributed by atoms with Gasteiger partial charge in [0.1, 0.15) is 5.76 Å². The van der Waals surface area contributed by atoms with Crippen LogP contribution in [0.1, 0.15) is 17.3 Å². The number of carbonyl (C=O) groups excluding carboxylic acids is 2. The second kappa shape index (κ2) is 12.3. The number of hydrogen-bond acceptors (Lipinski definition) is 8. The number of benzene rings is 2. The molecule has 0 atom stereocenters. The Kier molecular flexibility index (Phi) is 9.75. The monoisotopic (exact) mass is 488 g/mol. The van der Waals surface area contributed by atoms with Gasteiger partial charge in [0, 0.05) is 22.6 Å². The van der Waals surface area contributed by atoms with Crippen LogP contribution in [0.5, 0.6) is 0 Å². The van der Waals surface area contributed by atoms with E-state index in [0.717, 1.165) is 0 Å². The van der Waals surface area contributed by atoms with Crippen molar-refractivity contribution in [1.82, 2.24) is 20.2 Å². The van der Waals surface area contributed by atoms with Crippen LogP contribution < -0.4 is 44.9 Å². The Hall–Kier alpha value is -3.25. The van der Waals surface area contributed by atoms with Crippen molar-refractivity contribution in [3.8, 4) is 5.69 Å². The van der Waals surface area contributed by atoms with Crippen LogP contribution in [0.4, 0.5) is 11.4 Å². The van der Waals surface area contributed by atoms with Crippen molar-refractivity contribution in [2.24, 2.45) is 0 Å². The van der Waals surface area contributed by atoms with Crippen LogP contribution in [0.2, 0.25) is 0 Å². The quantitative estimate of drug-likeness (QED) is 0.173. The molecule has 10 nitrogen and oxygen atoms in total. The minimum atomic E-state index is -1.25. The van der Waals surface area contributed by atoms with Gasteiger partial charge in [0.25, 0.3) is 5.91 Å². The summed E-state index contributed by atoms with van der Waals surface area (Å²) in [7, 11) is 1.47. The van der Waals surface area contributed by atoms with Crippen molar-refractivity contribution >= 4 is 35.5 Å². The van der Waals surface area contributed by atoms with Gasteiger partial charge in [0.05, 0.1) is 25.3 Å². The summed E-state index contributed by atoms with van der Waals surface area (Å²) in [5, 5.41) is 24.1. The molecule has 0 bridgehead atoms. The maximum Gasteiger partial charge on any atom is 1.00 e. The summed E-state index contributed by atoms with van der Waals surface area (Å²) in [6.07, 6.45) is 1.61. The van der Waals surface area contributed by atoms with E-state index in [1.165, 1.54) is 16.7 Å². The van der Waals surface area contributed by atoms with Gasteiger partial charge in [-0.3, -0.25) is 4.79 Å². The number of carboxylic acids is 1. The molecule has 2 N–H and O–H groups in total. The van der Waals surface area contributed by atoms with E-state index in [9.17, 15) is 14.7 Å². The van der Waals surface area contributed by atoms with Gasteiger partial charge in [-0.2, -0.15) is 5.21 Å². The van der Waals surface area contributed by atoms with Gasteiger partial charge in [0.15, 0.2) is 0 Å². The van der Waals surface area contributed by atoms with E-state index in [2.05, 4.69) is 27.4 Å². The van der Waals surface area contributed by atoms with Crippen LogP contribution in [0.15, 0.2) is 72.6 Å². The van der Waals surface area contributed by atoms with Crippen LogP contribution in [0, 0.1) is 4.77 Å². The van der Waals surface area contributed by atoms with Gasteiger partial charge in [0.2, 0.25) is 4.77 Å². The van der Waals surface area contributed by atoms with Crippen molar-refractivity contribution in [2.45, 2.75) is 6.92 Å². The molecule has 0 fully saturated rings. The van der Waals surface area contributed by atoms with Crippen molar-refractivity contribution < 1.29 is 49.0 Å². The van der Waals surface area contributed by atoms with Gasteiger partial charge in [-0.05, 0) is 67.7 Å². The third kappa shape index (κ3) is 6.87. The Morgan fingerprint density at radius 3 is 2.59 bits per heavy atom. The summed E-state index contributed by atoms with van der Waals surface area (Å²) in [5.41, 5.74) is 2.76. The molecule has 12 heteroatoms. The fraction of sp³-hybridized carbons (Fsp3) is 0.136. The number of H-pyrrole nitrogens is 1. The molecule has 0 saturated heterocycles. The summed E-state index contributed by atoms with van der Waals surface area (Å²) < 4.78 is 6.79. The number of carbonyl (C=O) groups is 2. The summed E-state index contributed by atoms with van der Waals surface area (Å²) in [6, 6.07) is 13.5.